The second-order valence-corrected chi connectivity index (χ2v) is 6.73. The highest BCUT2D eigenvalue weighted by molar-refractivity contribution is 5.76. The van der Waals surface area contributed by atoms with E-state index in [0.29, 0.717) is 36.8 Å². The summed E-state index contributed by atoms with van der Waals surface area (Å²) >= 11 is 0. The Kier molecular flexibility index (Phi) is 8.04. The van der Waals surface area contributed by atoms with E-state index in [9.17, 15) is 24.6 Å². The molecular formula is C18H26N4O7. The summed E-state index contributed by atoms with van der Waals surface area (Å²) in [7, 11) is 0. The molecule has 0 atom stereocenters. The van der Waals surface area contributed by atoms with E-state index in [1.807, 2.05) is 0 Å². The molecule has 11 heteroatoms. The molecule has 160 valence electrons. The van der Waals surface area contributed by atoms with E-state index in [1.165, 1.54) is 0 Å². The number of nitrogens with two attached hydrogens (primary N) is 1. The van der Waals surface area contributed by atoms with Crippen molar-refractivity contribution in [3.05, 3.63) is 18.2 Å². The van der Waals surface area contributed by atoms with Crippen LogP contribution in [0, 0.1) is 0 Å². The van der Waals surface area contributed by atoms with Gasteiger partial charge in [0.15, 0.2) is 0 Å². The van der Waals surface area contributed by atoms with Gasteiger partial charge in [0.25, 0.3) is 0 Å². The first-order valence-corrected chi connectivity index (χ1v) is 9.12. The number of nitrogen functional groups attached to an aromatic ring is 1. The van der Waals surface area contributed by atoms with Gasteiger partial charge in [0.1, 0.15) is 18.9 Å². The zero-order valence-electron chi connectivity index (χ0n) is 16.0. The van der Waals surface area contributed by atoms with Gasteiger partial charge in [-0.3, -0.25) is 24.2 Å². The average Bonchev–Trinajstić information content (AvgIpc) is 2.61. The fraction of sp³-hybridized carbons (Fsp3) is 0.500. The van der Waals surface area contributed by atoms with Gasteiger partial charge in [0, 0.05) is 38.4 Å². The van der Waals surface area contributed by atoms with Crippen LogP contribution < -0.4 is 15.4 Å². The number of nitrogens with zero attached hydrogens (tertiary/aromatic N) is 3. The van der Waals surface area contributed by atoms with Crippen molar-refractivity contribution in [3.63, 3.8) is 0 Å². The minimum Gasteiger partial charge on any atom is -0.490 e. The molecule has 1 heterocycles. The molecule has 1 aromatic rings. The van der Waals surface area contributed by atoms with E-state index in [0.717, 1.165) is 0 Å². The van der Waals surface area contributed by atoms with Gasteiger partial charge in [-0.15, -0.1) is 0 Å². The summed E-state index contributed by atoms with van der Waals surface area (Å²) in [6.45, 7) is 0.950. The van der Waals surface area contributed by atoms with Crippen LogP contribution in [0.15, 0.2) is 18.2 Å². The Morgan fingerprint density at radius 1 is 0.862 bits per heavy atom. The molecule has 11 nitrogen and oxygen atoms in total. The van der Waals surface area contributed by atoms with Crippen LogP contribution >= 0.6 is 0 Å². The number of hydrogen-bond donors (Lipinski definition) is 4. The maximum Gasteiger partial charge on any atom is 0.323 e. The third-order valence-electron chi connectivity index (χ3n) is 4.45. The number of carbonyl (C=O) groups is 3. The van der Waals surface area contributed by atoms with E-state index in [-0.39, 0.29) is 39.3 Å². The Bertz CT molecular complexity index is 743. The lowest BCUT2D eigenvalue weighted by Crippen LogP contribution is -2.45. The lowest BCUT2D eigenvalue weighted by molar-refractivity contribution is -0.140. The smallest absolute Gasteiger partial charge is 0.323 e. The van der Waals surface area contributed by atoms with Crippen molar-refractivity contribution in [1.29, 1.82) is 0 Å². The number of rotatable bonds is 6. The first-order valence-electron chi connectivity index (χ1n) is 9.12. The van der Waals surface area contributed by atoms with Crippen molar-refractivity contribution in [1.82, 2.24) is 9.80 Å². The lowest BCUT2D eigenvalue weighted by atomic mass is 10.2. The maximum atomic E-state index is 11.4. The van der Waals surface area contributed by atoms with Crippen molar-refractivity contribution >= 4 is 29.3 Å². The van der Waals surface area contributed by atoms with Gasteiger partial charge in [-0.2, -0.15) is 0 Å². The van der Waals surface area contributed by atoms with Crippen LogP contribution in [0.1, 0.15) is 0 Å². The number of hydrogen-bond acceptors (Lipinski definition) is 8. The van der Waals surface area contributed by atoms with E-state index >= 15 is 0 Å². The highest BCUT2D eigenvalue weighted by atomic mass is 16.5. The number of ether oxygens (including phenoxy) is 1. The summed E-state index contributed by atoms with van der Waals surface area (Å²) < 4.78 is 5.80. The maximum absolute atomic E-state index is 11.4. The van der Waals surface area contributed by atoms with Crippen LogP contribution in [0.4, 0.5) is 11.4 Å². The number of aliphatic carboxylic acids is 3. The van der Waals surface area contributed by atoms with Gasteiger partial charge in [-0.05, 0) is 18.2 Å². The molecule has 1 aromatic carbocycles. The van der Waals surface area contributed by atoms with Crippen LogP contribution in [0.3, 0.4) is 0 Å². The van der Waals surface area contributed by atoms with Gasteiger partial charge in [-0.1, -0.05) is 0 Å². The first kappa shape index (κ1) is 22.2. The summed E-state index contributed by atoms with van der Waals surface area (Å²) in [6.07, 6.45) is 0. The van der Waals surface area contributed by atoms with Crippen molar-refractivity contribution in [3.8, 4) is 5.75 Å². The lowest BCUT2D eigenvalue weighted by Gasteiger charge is -2.31. The molecule has 0 bridgehead atoms. The molecule has 5 N–H and O–H groups in total. The highest BCUT2D eigenvalue weighted by Crippen LogP contribution is 2.30. The molecule has 2 rings (SSSR count). The summed E-state index contributed by atoms with van der Waals surface area (Å²) in [4.78, 5) is 38.6. The standard InChI is InChI=1S/C18H26N4O7/c19-13-1-2-15-14(9-13)22(12-18(27)28)6-5-20(10-16(23)24)3-4-21(7-8-29-15)11-17(25)26/h1-2,9H,3-8,10-12,19H2,(H,23,24)(H,25,26)(H,27,28). The Hall–Kier alpha value is -3.05. The molecule has 0 spiro atoms. The second kappa shape index (κ2) is 10.5. The Morgan fingerprint density at radius 3 is 2.00 bits per heavy atom. The van der Waals surface area contributed by atoms with Crippen LogP contribution in [-0.2, 0) is 14.4 Å². The molecule has 0 amide bonds. The van der Waals surface area contributed by atoms with Gasteiger partial charge in [0.05, 0.1) is 18.8 Å². The molecule has 29 heavy (non-hydrogen) atoms. The average molecular weight is 410 g/mol. The minimum absolute atomic E-state index is 0.185. The van der Waals surface area contributed by atoms with Crippen molar-refractivity contribution < 1.29 is 34.4 Å². The summed E-state index contributed by atoms with van der Waals surface area (Å²) in [5.74, 6) is -2.61. The molecule has 0 saturated heterocycles. The number of carboxylic acids is 3. The van der Waals surface area contributed by atoms with Gasteiger partial charge in [0.2, 0.25) is 0 Å². The Labute approximate surface area is 167 Å². The summed E-state index contributed by atoms with van der Waals surface area (Å²) in [5, 5.41) is 27.6. The molecule has 1 aliphatic heterocycles. The SMILES string of the molecule is Nc1ccc2c(c1)N(CC(=O)O)CCN(CC(=O)O)CCN(CC(=O)O)CCO2. The zero-order valence-corrected chi connectivity index (χ0v) is 16.0. The van der Waals surface area contributed by atoms with Crippen molar-refractivity contribution in [2.45, 2.75) is 0 Å². The van der Waals surface area contributed by atoms with Crippen LogP contribution in [0.2, 0.25) is 0 Å². The third-order valence-corrected chi connectivity index (χ3v) is 4.45. The summed E-state index contributed by atoms with van der Waals surface area (Å²) in [5.41, 5.74) is 6.80. The molecule has 0 unspecified atom stereocenters. The number of carboxylic acid groups (broad SMARTS) is 3. The Morgan fingerprint density at radius 2 is 1.41 bits per heavy atom. The molecule has 0 radical (unpaired) electrons. The molecule has 1 aliphatic rings. The predicted molar refractivity (Wildman–Crippen MR) is 104 cm³/mol. The molecule has 0 fully saturated rings. The second-order valence-electron chi connectivity index (χ2n) is 6.73. The topological polar surface area (TPSA) is 157 Å². The monoisotopic (exact) mass is 410 g/mol. The van der Waals surface area contributed by atoms with Gasteiger partial charge < -0.3 is 30.7 Å². The number of fused-ring (bicyclic) bond motifs is 1. The van der Waals surface area contributed by atoms with E-state index in [2.05, 4.69) is 0 Å². The molecule has 0 aliphatic carbocycles. The molecule has 0 aromatic heterocycles. The van der Waals surface area contributed by atoms with E-state index in [1.54, 1.807) is 32.9 Å². The van der Waals surface area contributed by atoms with Gasteiger partial charge >= 0.3 is 17.9 Å². The quantitative estimate of drug-likeness (QED) is 0.441. The normalized spacial score (nSPS) is 16.8. The summed E-state index contributed by atoms with van der Waals surface area (Å²) in [6, 6.07) is 4.89. The van der Waals surface area contributed by atoms with Crippen molar-refractivity contribution in [2.75, 3.05) is 69.6 Å². The van der Waals surface area contributed by atoms with Gasteiger partial charge in [-0.25, -0.2) is 0 Å². The minimum atomic E-state index is -1.04. The van der Waals surface area contributed by atoms with E-state index in [4.69, 9.17) is 15.6 Å². The highest BCUT2D eigenvalue weighted by Gasteiger charge is 2.21. The predicted octanol–water partition coefficient (Wildman–Crippen LogP) is -0.675. The van der Waals surface area contributed by atoms with E-state index < -0.39 is 17.9 Å². The van der Waals surface area contributed by atoms with Crippen LogP contribution in [0.25, 0.3) is 0 Å². The molecular weight excluding hydrogens is 384 g/mol. The first-order chi connectivity index (χ1) is 13.7. The third kappa shape index (κ3) is 7.47. The van der Waals surface area contributed by atoms with Crippen molar-refractivity contribution in [2.24, 2.45) is 0 Å². The van der Waals surface area contributed by atoms with Crippen LogP contribution in [-0.4, -0.2) is 102 Å². The fourth-order valence-electron chi connectivity index (χ4n) is 3.10. The number of anilines is 2. The molecule has 0 saturated carbocycles. The fourth-order valence-corrected chi connectivity index (χ4v) is 3.10. The Balaban J connectivity index is 2.32. The number of benzene rings is 1. The largest absolute Gasteiger partial charge is 0.490 e. The van der Waals surface area contributed by atoms with Crippen LogP contribution in [0.5, 0.6) is 5.75 Å². The zero-order chi connectivity index (χ0) is 21.4.